The molecule has 0 aliphatic carbocycles. The van der Waals surface area contributed by atoms with E-state index in [4.69, 9.17) is 0 Å². The van der Waals surface area contributed by atoms with Crippen LogP contribution in [0.2, 0.25) is 0 Å². The van der Waals surface area contributed by atoms with Gasteiger partial charge in [-0.3, -0.25) is 4.79 Å². The van der Waals surface area contributed by atoms with E-state index >= 15 is 0 Å². The molecule has 1 aliphatic heterocycles. The predicted octanol–water partition coefficient (Wildman–Crippen LogP) is 1.91. The molecule has 1 amide bonds. The number of carbonyl (C=O) groups is 1. The summed E-state index contributed by atoms with van der Waals surface area (Å²) in [5.74, 6) is -0.526. The van der Waals surface area contributed by atoms with Gasteiger partial charge in [0.2, 0.25) is 15.9 Å². The van der Waals surface area contributed by atoms with Gasteiger partial charge in [-0.15, -0.1) is 12.4 Å². The lowest BCUT2D eigenvalue weighted by atomic mass is 10.0. The van der Waals surface area contributed by atoms with E-state index in [1.165, 1.54) is 12.1 Å². The first-order valence-electron chi connectivity index (χ1n) is 8.69. The van der Waals surface area contributed by atoms with Crippen LogP contribution in [0.1, 0.15) is 32.6 Å². The van der Waals surface area contributed by atoms with Crippen LogP contribution in [-0.2, 0) is 14.8 Å². The molecule has 1 aliphatic rings. The van der Waals surface area contributed by atoms with Gasteiger partial charge in [0.05, 0.1) is 4.90 Å². The second kappa shape index (κ2) is 10.8. The Bertz CT molecular complexity index is 664. The molecule has 0 bridgehead atoms. The molecule has 1 aromatic rings. The number of piperidine rings is 1. The maximum Gasteiger partial charge on any atom is 0.240 e. The summed E-state index contributed by atoms with van der Waals surface area (Å²) < 4.78 is 39.6. The van der Waals surface area contributed by atoms with Crippen molar-refractivity contribution in [2.75, 3.05) is 26.2 Å². The number of amides is 1. The highest BCUT2D eigenvalue weighted by Crippen LogP contribution is 2.14. The van der Waals surface area contributed by atoms with Crippen molar-refractivity contribution in [2.45, 2.75) is 43.5 Å². The fraction of sp³-hybridized carbons (Fsp3) is 0.588. The molecule has 2 N–H and O–H groups in total. The molecule has 0 atom stereocenters. The van der Waals surface area contributed by atoms with Gasteiger partial charge in [-0.2, -0.15) is 0 Å². The van der Waals surface area contributed by atoms with Crippen LogP contribution in [0, 0.1) is 5.82 Å². The summed E-state index contributed by atoms with van der Waals surface area (Å²) >= 11 is 0. The first kappa shape index (κ1) is 22.8. The standard InChI is InChI=1S/C17H26FN3O3S.ClH/c1-2-13-21(15-7-10-19-11-8-15)17(22)9-12-20-25(23,24)16-5-3-14(18)4-6-16;/h3-6,15,19-20H,2,7-13H2,1H3;1H. The fourth-order valence-electron chi connectivity index (χ4n) is 3.00. The summed E-state index contributed by atoms with van der Waals surface area (Å²) in [4.78, 5) is 14.4. The van der Waals surface area contributed by atoms with E-state index in [0.717, 1.165) is 44.5 Å². The van der Waals surface area contributed by atoms with Gasteiger partial charge in [0.25, 0.3) is 0 Å². The lowest BCUT2D eigenvalue weighted by Crippen LogP contribution is -2.47. The summed E-state index contributed by atoms with van der Waals surface area (Å²) in [5, 5.41) is 3.28. The van der Waals surface area contributed by atoms with Crippen molar-refractivity contribution in [3.8, 4) is 0 Å². The Morgan fingerprint density at radius 1 is 1.27 bits per heavy atom. The van der Waals surface area contributed by atoms with Crippen molar-refractivity contribution in [3.63, 3.8) is 0 Å². The number of rotatable bonds is 8. The van der Waals surface area contributed by atoms with Crippen molar-refractivity contribution < 1.29 is 17.6 Å². The van der Waals surface area contributed by atoms with Crippen LogP contribution in [0.5, 0.6) is 0 Å². The number of sulfonamides is 1. The van der Waals surface area contributed by atoms with E-state index in [-0.39, 0.29) is 42.2 Å². The van der Waals surface area contributed by atoms with Crippen LogP contribution in [0.25, 0.3) is 0 Å². The van der Waals surface area contributed by atoms with Crippen LogP contribution < -0.4 is 10.0 Å². The Morgan fingerprint density at radius 2 is 1.88 bits per heavy atom. The molecule has 0 spiro atoms. The quantitative estimate of drug-likeness (QED) is 0.690. The topological polar surface area (TPSA) is 78.5 Å². The molecule has 1 aromatic carbocycles. The van der Waals surface area contributed by atoms with Gasteiger partial charge in [-0.25, -0.2) is 17.5 Å². The van der Waals surface area contributed by atoms with E-state index in [9.17, 15) is 17.6 Å². The number of carbonyl (C=O) groups excluding carboxylic acids is 1. The molecule has 0 saturated carbocycles. The second-order valence-corrected chi connectivity index (χ2v) is 7.94. The largest absolute Gasteiger partial charge is 0.340 e. The number of benzene rings is 1. The van der Waals surface area contributed by atoms with Gasteiger partial charge in [-0.05, 0) is 56.6 Å². The normalized spacial score (nSPS) is 15.3. The van der Waals surface area contributed by atoms with Crippen molar-refractivity contribution in [1.29, 1.82) is 0 Å². The minimum absolute atomic E-state index is 0. The van der Waals surface area contributed by atoms with Gasteiger partial charge >= 0.3 is 0 Å². The minimum Gasteiger partial charge on any atom is -0.340 e. The molecule has 1 fully saturated rings. The molecule has 148 valence electrons. The zero-order valence-electron chi connectivity index (χ0n) is 14.9. The first-order chi connectivity index (χ1) is 11.9. The highest BCUT2D eigenvalue weighted by Gasteiger charge is 2.24. The van der Waals surface area contributed by atoms with E-state index in [0.29, 0.717) is 6.54 Å². The molecule has 0 unspecified atom stereocenters. The SMILES string of the molecule is CCCN(C(=O)CCNS(=O)(=O)c1ccc(F)cc1)C1CCNCC1.Cl. The molecule has 1 saturated heterocycles. The Morgan fingerprint density at radius 3 is 2.46 bits per heavy atom. The smallest absolute Gasteiger partial charge is 0.240 e. The highest BCUT2D eigenvalue weighted by molar-refractivity contribution is 7.89. The number of nitrogens with one attached hydrogen (secondary N) is 2. The summed E-state index contributed by atoms with van der Waals surface area (Å²) in [6, 6.07) is 4.83. The van der Waals surface area contributed by atoms with E-state index in [1.54, 1.807) is 0 Å². The van der Waals surface area contributed by atoms with E-state index < -0.39 is 15.8 Å². The van der Waals surface area contributed by atoms with E-state index in [1.807, 2.05) is 11.8 Å². The third kappa shape index (κ3) is 6.50. The van der Waals surface area contributed by atoms with Crippen molar-refractivity contribution >= 4 is 28.3 Å². The fourth-order valence-corrected chi connectivity index (χ4v) is 4.04. The molecule has 9 heteroatoms. The number of halogens is 2. The Labute approximate surface area is 161 Å². The maximum absolute atomic E-state index is 12.9. The second-order valence-electron chi connectivity index (χ2n) is 6.17. The summed E-state index contributed by atoms with van der Waals surface area (Å²) in [6.45, 7) is 4.54. The van der Waals surface area contributed by atoms with Gasteiger partial charge < -0.3 is 10.2 Å². The van der Waals surface area contributed by atoms with Crippen LogP contribution in [0.3, 0.4) is 0 Å². The lowest BCUT2D eigenvalue weighted by Gasteiger charge is -2.34. The Balaban J connectivity index is 0.00000338. The third-order valence-electron chi connectivity index (χ3n) is 4.29. The number of nitrogens with zero attached hydrogens (tertiary/aromatic N) is 1. The van der Waals surface area contributed by atoms with Crippen molar-refractivity contribution in [2.24, 2.45) is 0 Å². The molecule has 26 heavy (non-hydrogen) atoms. The third-order valence-corrected chi connectivity index (χ3v) is 5.77. The van der Waals surface area contributed by atoms with Crippen molar-refractivity contribution in [3.05, 3.63) is 30.1 Å². The average Bonchev–Trinajstić information content (AvgIpc) is 2.60. The summed E-state index contributed by atoms with van der Waals surface area (Å²) in [7, 11) is -3.73. The number of hydrogen-bond acceptors (Lipinski definition) is 4. The minimum atomic E-state index is -3.73. The van der Waals surface area contributed by atoms with Gasteiger partial charge in [-0.1, -0.05) is 6.92 Å². The number of hydrogen-bond donors (Lipinski definition) is 2. The van der Waals surface area contributed by atoms with Crippen LogP contribution in [0.15, 0.2) is 29.2 Å². The van der Waals surface area contributed by atoms with Crippen LogP contribution in [0.4, 0.5) is 4.39 Å². The molecule has 1 heterocycles. The zero-order valence-corrected chi connectivity index (χ0v) is 16.5. The van der Waals surface area contributed by atoms with Crippen molar-refractivity contribution in [1.82, 2.24) is 14.9 Å². The predicted molar refractivity (Wildman–Crippen MR) is 101 cm³/mol. The molecule has 0 radical (unpaired) electrons. The molecular weight excluding hydrogens is 381 g/mol. The first-order valence-corrected chi connectivity index (χ1v) is 10.2. The highest BCUT2D eigenvalue weighted by atomic mass is 35.5. The Hall–Kier alpha value is -1.22. The molecule has 6 nitrogen and oxygen atoms in total. The average molecular weight is 408 g/mol. The van der Waals surface area contributed by atoms with Crippen LogP contribution in [-0.4, -0.2) is 51.4 Å². The Kier molecular flexibility index (Phi) is 9.49. The lowest BCUT2D eigenvalue weighted by molar-refractivity contribution is -0.133. The van der Waals surface area contributed by atoms with Gasteiger partial charge in [0.15, 0.2) is 0 Å². The summed E-state index contributed by atoms with van der Waals surface area (Å²) in [5.41, 5.74) is 0. The summed E-state index contributed by atoms with van der Waals surface area (Å²) in [6.07, 6.45) is 2.83. The molecule has 2 rings (SSSR count). The van der Waals surface area contributed by atoms with Crippen LogP contribution >= 0.6 is 12.4 Å². The monoisotopic (exact) mass is 407 g/mol. The van der Waals surface area contributed by atoms with E-state index in [2.05, 4.69) is 10.0 Å². The van der Waals surface area contributed by atoms with Gasteiger partial charge in [0.1, 0.15) is 5.82 Å². The zero-order chi connectivity index (χ0) is 18.3. The van der Waals surface area contributed by atoms with Gasteiger partial charge in [0, 0.05) is 25.6 Å². The molecule has 0 aromatic heterocycles. The molecular formula is C17H27ClFN3O3S. The maximum atomic E-state index is 12.9.